The molecule has 1 aliphatic carbocycles. The van der Waals surface area contributed by atoms with Crippen LogP contribution >= 0.6 is 0 Å². The van der Waals surface area contributed by atoms with Crippen molar-refractivity contribution in [1.29, 1.82) is 0 Å². The molecule has 25 nitrogen and oxygen atoms in total. The van der Waals surface area contributed by atoms with Gasteiger partial charge < -0.3 is 15.3 Å². The Balaban J connectivity index is 1.61. The normalized spacial score (nSPS) is 17.2. The zero-order chi connectivity index (χ0) is 43.1. The molecule has 0 saturated carbocycles. The molecule has 1 unspecified atom stereocenters. The number of carbonyl (C=O) groups excluding carboxylic acids is 1. The van der Waals surface area contributed by atoms with Crippen LogP contribution in [-0.2, 0) is 35.1 Å². The Morgan fingerprint density at radius 3 is 1.97 bits per heavy atom. The van der Waals surface area contributed by atoms with Gasteiger partial charge in [-0.25, -0.2) is 0 Å². The monoisotopic (exact) mass is 862 g/mol. The Kier molecular flexibility index (Phi) is 10.9. The number of nitro groups is 2. The summed E-state index contributed by atoms with van der Waals surface area (Å²) < 4.78 is 101. The number of ketones is 1. The molecule has 0 saturated heterocycles. The van der Waals surface area contributed by atoms with Gasteiger partial charge in [-0.2, -0.15) is 45.7 Å². The number of hydrogen-bond acceptors (Lipinski definition) is 20. The number of aromatic hydroxyl groups is 2. The zero-order valence-corrected chi connectivity index (χ0v) is 30.9. The SMILES string of the molecule is CC1(N=Nc2ccc(S(=O)(=O)O)c([N+](=O)[O-])c2O)C=CC(=NNc2cc(S(=O)(=O)O)cc3cc(S(=O)(=O)O)c(N=Nc4ccc([N+](=O)[O-])cc4)c(O)c23)C(O)=CC1=O. The van der Waals surface area contributed by atoms with Crippen molar-refractivity contribution in [1.82, 2.24) is 0 Å². The first-order valence-corrected chi connectivity index (χ1v) is 19.5. The van der Waals surface area contributed by atoms with Gasteiger partial charge in [0.05, 0.1) is 31.5 Å². The summed E-state index contributed by atoms with van der Waals surface area (Å²) in [6, 6.07) is 7.64. The second-order valence-electron chi connectivity index (χ2n) is 11.8. The summed E-state index contributed by atoms with van der Waals surface area (Å²) in [6.07, 6.45) is 2.53. The van der Waals surface area contributed by atoms with Crippen LogP contribution in [0.2, 0.25) is 0 Å². The lowest BCUT2D eigenvalue weighted by Gasteiger charge is -2.14. The Hall–Kier alpha value is -7.11. The molecule has 0 amide bonds. The molecule has 0 radical (unpaired) electrons. The molecule has 4 aromatic carbocycles. The van der Waals surface area contributed by atoms with Gasteiger partial charge >= 0.3 is 15.8 Å². The number of azo groups is 2. The minimum absolute atomic E-state index is 0.0884. The average molecular weight is 863 g/mol. The molecule has 0 fully saturated rings. The van der Waals surface area contributed by atoms with Crippen LogP contribution in [-0.4, -0.2) is 81.1 Å². The van der Waals surface area contributed by atoms with E-state index in [1.54, 1.807) is 0 Å². The van der Waals surface area contributed by atoms with E-state index in [1.165, 1.54) is 0 Å². The van der Waals surface area contributed by atoms with Crippen molar-refractivity contribution < 1.29 is 68.9 Å². The number of phenols is 2. The van der Waals surface area contributed by atoms with Gasteiger partial charge in [-0.1, -0.05) is 0 Å². The lowest BCUT2D eigenvalue weighted by atomic mass is 9.98. The highest BCUT2D eigenvalue weighted by Gasteiger charge is 2.34. The minimum Gasteiger partial charge on any atom is -0.505 e. The fourth-order valence-electron chi connectivity index (χ4n) is 4.96. The van der Waals surface area contributed by atoms with E-state index in [9.17, 15) is 79.3 Å². The Labute approximate surface area is 323 Å². The van der Waals surface area contributed by atoms with Gasteiger partial charge in [-0.15, -0.1) is 5.11 Å². The number of fused-ring (bicyclic) bond motifs is 1. The van der Waals surface area contributed by atoms with Gasteiger partial charge in [-0.3, -0.25) is 44.1 Å². The second-order valence-corrected chi connectivity index (χ2v) is 16.0. The fourth-order valence-corrected chi connectivity index (χ4v) is 6.82. The van der Waals surface area contributed by atoms with Gasteiger partial charge in [0.15, 0.2) is 22.0 Å². The van der Waals surface area contributed by atoms with E-state index < -0.39 is 123 Å². The van der Waals surface area contributed by atoms with E-state index in [1.807, 2.05) is 0 Å². The summed E-state index contributed by atoms with van der Waals surface area (Å²) in [7, 11) is -15.5. The van der Waals surface area contributed by atoms with Crippen LogP contribution in [0.5, 0.6) is 11.5 Å². The second kappa shape index (κ2) is 15.1. The number of aliphatic hydroxyl groups excluding tert-OH is 1. The standard InChI is InChI=1S/C30H22N8O17S3/c1-30(36-34-19-6-7-22(57(50,51)52)27(28(19)41)38(45)46)9-8-18(21(39)13-24(30)40)32-33-20-12-17(56(47,48)49)10-14-11-23(58(53,54)55)26(29(42)25(14)20)35-31-15-2-4-16(5-3-15)37(43)44/h2-13,33,39,41-42H,1H3,(H,47,48,49)(H,50,51,52)(H,53,54,55). The number of phenolic OH excluding ortho intramolecular Hbond substituents is 2. The zero-order valence-electron chi connectivity index (χ0n) is 28.5. The predicted molar refractivity (Wildman–Crippen MR) is 196 cm³/mol. The lowest BCUT2D eigenvalue weighted by molar-refractivity contribution is -0.388. The van der Waals surface area contributed by atoms with E-state index in [0.29, 0.717) is 30.3 Å². The molecule has 0 aromatic heterocycles. The Morgan fingerprint density at radius 1 is 0.759 bits per heavy atom. The first kappa shape index (κ1) is 42.0. The third-order valence-corrected chi connectivity index (χ3v) is 10.4. The van der Waals surface area contributed by atoms with E-state index in [4.69, 9.17) is 0 Å². The molecule has 4 aromatic rings. The van der Waals surface area contributed by atoms with Crippen LogP contribution in [0.15, 0.2) is 119 Å². The highest BCUT2D eigenvalue weighted by Crippen LogP contribution is 2.46. The number of nitrogens with one attached hydrogen (secondary N) is 1. The van der Waals surface area contributed by atoms with Crippen LogP contribution < -0.4 is 5.43 Å². The van der Waals surface area contributed by atoms with Gasteiger partial charge in [0, 0.05) is 18.2 Å². The van der Waals surface area contributed by atoms with Crippen molar-refractivity contribution in [2.24, 2.45) is 25.6 Å². The van der Waals surface area contributed by atoms with Crippen molar-refractivity contribution >= 4 is 86.7 Å². The first-order valence-electron chi connectivity index (χ1n) is 15.2. The number of rotatable bonds is 11. The van der Waals surface area contributed by atoms with E-state index >= 15 is 0 Å². The van der Waals surface area contributed by atoms with E-state index in [2.05, 4.69) is 31.0 Å². The number of carbonyl (C=O) groups is 1. The number of hydrazone groups is 1. The van der Waals surface area contributed by atoms with E-state index in [-0.39, 0.29) is 11.4 Å². The third kappa shape index (κ3) is 8.64. The summed E-state index contributed by atoms with van der Waals surface area (Å²) >= 11 is 0. The van der Waals surface area contributed by atoms with Gasteiger partial charge in [0.25, 0.3) is 25.9 Å². The van der Waals surface area contributed by atoms with Gasteiger partial charge in [0.2, 0.25) is 5.75 Å². The van der Waals surface area contributed by atoms with Crippen molar-refractivity contribution in [3.05, 3.63) is 98.8 Å². The van der Waals surface area contributed by atoms with Crippen molar-refractivity contribution in [2.75, 3.05) is 5.43 Å². The number of benzene rings is 4. The average Bonchev–Trinajstić information content (AvgIpc) is 3.22. The molecule has 28 heteroatoms. The molecule has 0 spiro atoms. The number of allylic oxidation sites excluding steroid dienone is 1. The van der Waals surface area contributed by atoms with Crippen LogP contribution in [0.3, 0.4) is 0 Å². The highest BCUT2D eigenvalue weighted by atomic mass is 32.2. The van der Waals surface area contributed by atoms with Crippen LogP contribution in [0.4, 0.5) is 34.1 Å². The quantitative estimate of drug-likeness (QED) is 0.0445. The van der Waals surface area contributed by atoms with E-state index in [0.717, 1.165) is 49.4 Å². The van der Waals surface area contributed by atoms with Gasteiger partial charge in [0.1, 0.15) is 27.7 Å². The molecule has 0 aliphatic heterocycles. The molecule has 0 heterocycles. The number of nitro benzene ring substituents is 2. The van der Waals surface area contributed by atoms with Gasteiger partial charge in [-0.05, 0) is 66.9 Å². The summed E-state index contributed by atoms with van der Waals surface area (Å²) in [4.78, 5) is 30.2. The molecule has 58 heavy (non-hydrogen) atoms. The summed E-state index contributed by atoms with van der Waals surface area (Å²) in [5.74, 6) is -4.32. The molecule has 7 N–H and O–H groups in total. The molecular formula is C30H22N8O17S3. The fraction of sp³-hybridized carbons (Fsp3) is 0.0667. The third-order valence-electron chi connectivity index (χ3n) is 7.84. The maximum Gasteiger partial charge on any atom is 0.334 e. The van der Waals surface area contributed by atoms with Crippen LogP contribution in [0, 0.1) is 20.2 Å². The smallest absolute Gasteiger partial charge is 0.334 e. The van der Waals surface area contributed by atoms with Crippen molar-refractivity contribution in [2.45, 2.75) is 27.1 Å². The van der Waals surface area contributed by atoms with Crippen molar-refractivity contribution in [3.63, 3.8) is 0 Å². The molecule has 1 atom stereocenters. The number of aliphatic hydroxyl groups is 1. The molecule has 302 valence electrons. The number of anilines is 1. The van der Waals surface area contributed by atoms with Crippen LogP contribution in [0.25, 0.3) is 10.8 Å². The minimum atomic E-state index is -5.27. The summed E-state index contributed by atoms with van der Waals surface area (Å²) in [5.41, 5.74) is -4.32. The Bertz CT molecular complexity index is 2970. The maximum atomic E-state index is 13.1. The van der Waals surface area contributed by atoms with Crippen LogP contribution in [0.1, 0.15) is 6.92 Å². The number of hydrogen-bond donors (Lipinski definition) is 7. The first-order chi connectivity index (χ1) is 26.8. The molecular weight excluding hydrogens is 841 g/mol. The predicted octanol–water partition coefficient (Wildman–Crippen LogP) is 5.11. The summed E-state index contributed by atoms with van der Waals surface area (Å²) in [6.45, 7) is 1.12. The molecule has 1 aliphatic rings. The largest absolute Gasteiger partial charge is 0.505 e. The number of non-ortho nitro benzene ring substituents is 1. The van der Waals surface area contributed by atoms with Crippen molar-refractivity contribution in [3.8, 4) is 11.5 Å². The molecule has 0 bridgehead atoms. The molecule has 5 rings (SSSR count). The topological polar surface area (TPSA) is 401 Å². The maximum absolute atomic E-state index is 13.1. The Morgan fingerprint density at radius 2 is 1.40 bits per heavy atom. The lowest BCUT2D eigenvalue weighted by Crippen LogP contribution is -2.28. The number of nitrogens with zero attached hydrogens (tertiary/aromatic N) is 7. The highest BCUT2D eigenvalue weighted by molar-refractivity contribution is 7.86. The summed E-state index contributed by atoms with van der Waals surface area (Å²) in [5, 5.41) is 72.6.